The summed E-state index contributed by atoms with van der Waals surface area (Å²) in [6, 6.07) is 169. The lowest BCUT2D eigenvalue weighted by atomic mass is 9.82. The van der Waals surface area contributed by atoms with Crippen LogP contribution in [0.2, 0.25) is 0 Å². The van der Waals surface area contributed by atoms with Crippen molar-refractivity contribution >= 4 is 151 Å². The van der Waals surface area contributed by atoms with E-state index in [9.17, 15) is 0 Å². The number of hydrogen-bond donors (Lipinski definition) is 0. The molecule has 0 bridgehead atoms. The summed E-state index contributed by atoms with van der Waals surface area (Å²) in [4.78, 5) is 11.9. The lowest BCUT2D eigenvalue weighted by Crippen LogP contribution is -2.17. The Kier molecular flexibility index (Phi) is 21.8. The molecule has 0 unspecified atom stereocenters. The molecule has 143 heavy (non-hydrogen) atoms. The molecule has 0 N–H and O–H groups in total. The van der Waals surface area contributed by atoms with E-state index in [0.29, 0.717) is 0 Å². The first-order valence-electron chi connectivity index (χ1n) is 49.9. The second-order valence-corrected chi connectivity index (χ2v) is 40.5. The quantitative estimate of drug-likeness (QED) is 0.0962. The largest absolute Gasteiger partial charge is 0.344 e. The topological polar surface area (TPSA) is 31.0 Å². The van der Waals surface area contributed by atoms with Gasteiger partial charge in [-0.2, -0.15) is 0 Å². The number of anilines is 15. The van der Waals surface area contributed by atoms with Gasteiger partial charge in [-0.05, 0) is 299 Å². The smallest absolute Gasteiger partial charge is 0.0509 e. The highest BCUT2D eigenvalue weighted by molar-refractivity contribution is 6.12. The van der Waals surface area contributed by atoms with Crippen LogP contribution < -0.4 is 24.5 Å². The number of benzene rings is 20. The van der Waals surface area contributed by atoms with E-state index in [4.69, 9.17) is 0 Å². The van der Waals surface area contributed by atoms with E-state index in [0.717, 1.165) is 79.6 Å². The molecule has 0 saturated carbocycles. The van der Waals surface area contributed by atoms with E-state index in [-0.39, 0.29) is 16.2 Å². The SMILES string of the molecule is Cc1ccc(N(c2ccc3c(c2)C(C)(C)c2ccccc2-3)c2ccc3c4ccccc4n(C)c3c2)cc1.Cc1ccc2c(c1)C(C)(C)c1cc(N(c3ccc(-c4ccc(N(c5ccccc5)c5ccccc5)cc4)cc3)c3ccc4c5ccccc5n(C)c4c3)ccc1-2.Cc1ccc2c(c1)C(C)(C)c1cc(N(c3ccc(N(c4ccccc4)c4ccccc4)cc3)c3ccc4c5ccccc5n(C)c4c3)ccc1-2. The highest BCUT2D eigenvalue weighted by Gasteiger charge is 2.40. The Morgan fingerprint density at radius 3 is 0.678 bits per heavy atom. The highest BCUT2D eigenvalue weighted by Crippen LogP contribution is 2.56. The Bertz CT molecular complexity index is 8770. The zero-order valence-electron chi connectivity index (χ0n) is 83.0. The minimum Gasteiger partial charge on any atom is -0.344 e. The first-order chi connectivity index (χ1) is 69.7. The van der Waals surface area contributed by atoms with E-state index in [1.165, 1.54) is 166 Å². The number of para-hydroxylation sites is 7. The van der Waals surface area contributed by atoms with Gasteiger partial charge in [-0.1, -0.05) is 319 Å². The molecule has 0 saturated heterocycles. The minimum absolute atomic E-state index is 0.0410. The van der Waals surface area contributed by atoms with Gasteiger partial charge in [-0.3, -0.25) is 0 Å². The van der Waals surface area contributed by atoms with Gasteiger partial charge in [0, 0.05) is 172 Å². The van der Waals surface area contributed by atoms with Gasteiger partial charge in [-0.25, -0.2) is 0 Å². The Labute approximate surface area is 838 Å². The molecular weight excluding hydrogens is 1730 g/mol. The summed E-state index contributed by atoms with van der Waals surface area (Å²) in [5.74, 6) is 0. The summed E-state index contributed by atoms with van der Waals surface area (Å²) in [5.41, 5.74) is 46.8. The molecule has 0 radical (unpaired) electrons. The standard InChI is InChI=1S/C53H43N3.C47H39N3.C35H30N2/c1-36-19-30-45-46-31-28-43(34-50(46)53(2,3)49(45)33-36)56(44-29-32-48-47-17-11-12-18-51(47)54(4)52(48)35-44)42-26-22-38(23-27-42)37-20-24-41(25-21-37)55(39-13-7-5-8-14-39)40-15-9-6-10-16-40;1-32-19-26-39-40-27-24-37(30-44(40)47(2,3)43(39)29-32)50(38-25-28-42-41-17-11-12-18-45(41)48(4)46(42)31-38)36-22-20-35(21-23-36)49(33-13-7-5-8-14-33)34-15-9-6-10-16-34;1-23-13-15-24(16-14-23)37(26-18-20-30-29-10-6-8-12-33(29)36(4)34(30)22-26)25-17-19-28-27-9-5-7-11-31(27)35(2,3)32(28)21-25/h5-35H,1-4H3;5-31H,1-4H3;5-22H,1-4H3. The number of nitrogens with zero attached hydrogens (tertiary/aromatic N) is 8. The van der Waals surface area contributed by atoms with Crippen molar-refractivity contribution in [1.29, 1.82) is 0 Å². The molecule has 0 amide bonds. The van der Waals surface area contributed by atoms with Crippen LogP contribution in [-0.4, -0.2) is 13.7 Å². The molecule has 26 rings (SSSR count). The van der Waals surface area contributed by atoms with E-state index >= 15 is 0 Å². The third-order valence-electron chi connectivity index (χ3n) is 30.7. The van der Waals surface area contributed by atoms with Crippen molar-refractivity contribution in [3.63, 3.8) is 0 Å². The van der Waals surface area contributed by atoms with Crippen molar-refractivity contribution in [1.82, 2.24) is 13.7 Å². The molecule has 0 fully saturated rings. The normalized spacial score (nSPS) is 13.1. The average Bonchev–Trinajstić information content (AvgIpc) is 1.57. The van der Waals surface area contributed by atoms with Gasteiger partial charge in [0.1, 0.15) is 0 Å². The van der Waals surface area contributed by atoms with Gasteiger partial charge in [0.05, 0.1) is 16.6 Å². The maximum Gasteiger partial charge on any atom is 0.0509 e. The monoisotopic (exact) mass is 1840 g/mol. The van der Waals surface area contributed by atoms with Crippen LogP contribution in [0.4, 0.5) is 85.3 Å². The average molecular weight is 1850 g/mol. The zero-order chi connectivity index (χ0) is 97.3. The Morgan fingerprint density at radius 1 is 0.154 bits per heavy atom. The first kappa shape index (κ1) is 88.5. The molecule has 23 aromatic rings. The molecule has 0 spiro atoms. The minimum atomic E-state index is -0.106. The summed E-state index contributed by atoms with van der Waals surface area (Å²) in [7, 11) is 6.52. The summed E-state index contributed by atoms with van der Waals surface area (Å²) in [6.45, 7) is 20.7. The van der Waals surface area contributed by atoms with Gasteiger partial charge in [0.25, 0.3) is 0 Å². The van der Waals surface area contributed by atoms with Gasteiger partial charge >= 0.3 is 0 Å². The van der Waals surface area contributed by atoms with Crippen molar-refractivity contribution in [2.75, 3.05) is 24.5 Å². The van der Waals surface area contributed by atoms with Crippen LogP contribution in [0.3, 0.4) is 0 Å². The van der Waals surface area contributed by atoms with Crippen molar-refractivity contribution in [2.45, 2.75) is 78.6 Å². The van der Waals surface area contributed by atoms with Crippen molar-refractivity contribution < 1.29 is 0 Å². The summed E-state index contributed by atoms with van der Waals surface area (Å²) in [5, 5.41) is 7.68. The van der Waals surface area contributed by atoms with Crippen molar-refractivity contribution in [3.05, 3.63) is 511 Å². The molecule has 692 valence electrons. The van der Waals surface area contributed by atoms with Crippen molar-refractivity contribution in [3.8, 4) is 44.5 Å². The van der Waals surface area contributed by atoms with Gasteiger partial charge in [0.15, 0.2) is 0 Å². The van der Waals surface area contributed by atoms with Crippen LogP contribution >= 0.6 is 0 Å². The Balaban J connectivity index is 0.000000118. The fourth-order valence-corrected chi connectivity index (χ4v) is 23.2. The van der Waals surface area contributed by atoms with Crippen LogP contribution in [0.5, 0.6) is 0 Å². The van der Waals surface area contributed by atoms with Crippen LogP contribution in [0.15, 0.2) is 461 Å². The molecule has 8 nitrogen and oxygen atoms in total. The molecule has 8 heteroatoms. The van der Waals surface area contributed by atoms with Crippen molar-refractivity contribution in [2.24, 2.45) is 21.1 Å². The predicted molar refractivity (Wildman–Crippen MR) is 607 cm³/mol. The Morgan fingerprint density at radius 2 is 0.357 bits per heavy atom. The molecule has 3 aromatic heterocycles. The second-order valence-electron chi connectivity index (χ2n) is 40.5. The molecule has 3 aliphatic rings. The summed E-state index contributed by atoms with van der Waals surface area (Å²) in [6.07, 6.45) is 0. The molecule has 20 aromatic carbocycles. The molecule has 3 aliphatic carbocycles. The maximum absolute atomic E-state index is 2.42. The van der Waals surface area contributed by atoms with E-state index in [2.05, 4.69) is 583 Å². The number of hydrogen-bond acceptors (Lipinski definition) is 5. The second kappa shape index (κ2) is 35.3. The first-order valence-corrected chi connectivity index (χ1v) is 49.9. The maximum atomic E-state index is 2.42. The third-order valence-corrected chi connectivity index (χ3v) is 30.7. The summed E-state index contributed by atoms with van der Waals surface area (Å²) >= 11 is 0. The Hall–Kier alpha value is -17.2. The van der Waals surface area contributed by atoms with Crippen LogP contribution in [0.1, 0.15) is 91.6 Å². The number of aryl methyl sites for hydroxylation is 6. The lowest BCUT2D eigenvalue weighted by molar-refractivity contribution is 0.659. The fourth-order valence-electron chi connectivity index (χ4n) is 23.2. The lowest BCUT2D eigenvalue weighted by Gasteiger charge is -2.29. The fraction of sp³-hybridized carbons (Fsp3) is 0.111. The summed E-state index contributed by atoms with van der Waals surface area (Å²) < 4.78 is 6.95. The highest BCUT2D eigenvalue weighted by atomic mass is 15.2. The molecule has 0 aliphatic heterocycles. The number of rotatable bonds is 16. The van der Waals surface area contributed by atoms with E-state index < -0.39 is 0 Å². The van der Waals surface area contributed by atoms with Crippen LogP contribution in [-0.2, 0) is 37.4 Å². The third kappa shape index (κ3) is 15.3. The number of aromatic nitrogens is 3. The van der Waals surface area contributed by atoms with E-state index in [1.54, 1.807) is 0 Å². The van der Waals surface area contributed by atoms with Crippen LogP contribution in [0, 0.1) is 20.8 Å². The van der Waals surface area contributed by atoms with Gasteiger partial charge in [-0.15, -0.1) is 0 Å². The van der Waals surface area contributed by atoms with Gasteiger partial charge < -0.3 is 38.2 Å². The molecule has 3 heterocycles. The predicted octanol–water partition coefficient (Wildman–Crippen LogP) is 36.9. The number of fused-ring (bicyclic) bond motifs is 18. The zero-order valence-corrected chi connectivity index (χ0v) is 83.0. The van der Waals surface area contributed by atoms with E-state index in [1.807, 2.05) is 0 Å². The van der Waals surface area contributed by atoms with Gasteiger partial charge in [0.2, 0.25) is 0 Å². The molecular formula is C135H112N8. The molecule has 0 atom stereocenters. The van der Waals surface area contributed by atoms with Crippen LogP contribution in [0.25, 0.3) is 110 Å².